The molecule has 158 valence electrons. The first kappa shape index (κ1) is 22.2. The number of aryl methyl sites for hydroxylation is 1. The summed E-state index contributed by atoms with van der Waals surface area (Å²) < 4.78 is 6.10. The number of benzene rings is 2. The van der Waals surface area contributed by atoms with Gasteiger partial charge in [-0.05, 0) is 31.2 Å². The number of para-hydroxylation sites is 1. The molecule has 0 atom stereocenters. The molecular weight excluding hydrogens is 423 g/mol. The average Bonchev–Trinajstić information content (AvgIpc) is 2.72. The molecule has 6 nitrogen and oxygen atoms in total. The summed E-state index contributed by atoms with van der Waals surface area (Å²) in [7, 11) is 5.60. The molecule has 0 saturated carbocycles. The SMILES string of the molecule is Cc1cc(N(C)C)c2cccc(OCc3c(Cl)ccc(N(C)C(=O)CN)c3Cl)c2n1. The zero-order valence-corrected chi connectivity index (χ0v) is 18.9. The van der Waals surface area contributed by atoms with Gasteiger partial charge >= 0.3 is 0 Å². The highest BCUT2D eigenvalue weighted by Gasteiger charge is 2.18. The van der Waals surface area contributed by atoms with Gasteiger partial charge in [0, 0.05) is 48.5 Å². The van der Waals surface area contributed by atoms with Crippen LogP contribution in [0.3, 0.4) is 0 Å². The Bertz CT molecular complexity index is 1100. The van der Waals surface area contributed by atoms with Gasteiger partial charge in [0.15, 0.2) is 0 Å². The number of ether oxygens (including phenoxy) is 1. The van der Waals surface area contributed by atoms with Gasteiger partial charge in [-0.25, -0.2) is 4.98 Å². The molecule has 0 aliphatic carbocycles. The third-order valence-corrected chi connectivity index (χ3v) is 5.61. The number of aromatic nitrogens is 1. The summed E-state index contributed by atoms with van der Waals surface area (Å²) >= 11 is 12.9. The molecule has 0 saturated heterocycles. The van der Waals surface area contributed by atoms with Gasteiger partial charge in [-0.2, -0.15) is 0 Å². The summed E-state index contributed by atoms with van der Waals surface area (Å²) in [6.07, 6.45) is 0. The number of nitrogens with two attached hydrogens (primary N) is 1. The van der Waals surface area contributed by atoms with Crippen molar-refractivity contribution in [3.63, 3.8) is 0 Å². The highest BCUT2D eigenvalue weighted by molar-refractivity contribution is 6.38. The number of pyridine rings is 1. The maximum absolute atomic E-state index is 12.0. The van der Waals surface area contributed by atoms with Crippen LogP contribution in [0.25, 0.3) is 10.9 Å². The first-order valence-electron chi connectivity index (χ1n) is 9.38. The Morgan fingerprint density at radius 3 is 2.53 bits per heavy atom. The third-order valence-electron chi connectivity index (χ3n) is 4.84. The lowest BCUT2D eigenvalue weighted by molar-refractivity contribution is -0.117. The van der Waals surface area contributed by atoms with Crippen molar-refractivity contribution in [3.05, 3.63) is 57.7 Å². The molecule has 8 heteroatoms. The molecule has 0 unspecified atom stereocenters. The second kappa shape index (κ2) is 9.08. The smallest absolute Gasteiger partial charge is 0.240 e. The fourth-order valence-electron chi connectivity index (χ4n) is 3.21. The van der Waals surface area contributed by atoms with Gasteiger partial charge in [0.25, 0.3) is 0 Å². The topological polar surface area (TPSA) is 71.7 Å². The Morgan fingerprint density at radius 2 is 1.87 bits per heavy atom. The van der Waals surface area contributed by atoms with Crippen LogP contribution in [0.5, 0.6) is 5.75 Å². The van der Waals surface area contributed by atoms with Crippen LogP contribution in [0.2, 0.25) is 10.0 Å². The van der Waals surface area contributed by atoms with Crippen LogP contribution >= 0.6 is 23.2 Å². The Kier molecular flexibility index (Phi) is 6.71. The van der Waals surface area contributed by atoms with Gasteiger partial charge in [0.1, 0.15) is 17.9 Å². The molecule has 1 heterocycles. The second-order valence-electron chi connectivity index (χ2n) is 7.13. The van der Waals surface area contributed by atoms with Crippen molar-refractivity contribution < 1.29 is 9.53 Å². The third kappa shape index (κ3) is 4.31. The minimum Gasteiger partial charge on any atom is -0.487 e. The summed E-state index contributed by atoms with van der Waals surface area (Å²) in [6, 6.07) is 11.2. The molecule has 3 aromatic rings. The number of fused-ring (bicyclic) bond motifs is 1. The van der Waals surface area contributed by atoms with Crippen LogP contribution in [0.1, 0.15) is 11.3 Å². The summed E-state index contributed by atoms with van der Waals surface area (Å²) in [6.45, 7) is 1.96. The van der Waals surface area contributed by atoms with Gasteiger partial charge in [-0.15, -0.1) is 0 Å². The molecular formula is C22H24Cl2N4O2. The maximum atomic E-state index is 12.0. The van der Waals surface area contributed by atoms with Gasteiger partial charge < -0.3 is 20.3 Å². The Balaban J connectivity index is 1.98. The lowest BCUT2D eigenvalue weighted by atomic mass is 10.1. The molecule has 0 radical (unpaired) electrons. The molecule has 0 aliphatic heterocycles. The monoisotopic (exact) mass is 446 g/mol. The lowest BCUT2D eigenvalue weighted by Crippen LogP contribution is -2.32. The van der Waals surface area contributed by atoms with E-state index in [2.05, 4.69) is 4.98 Å². The van der Waals surface area contributed by atoms with E-state index >= 15 is 0 Å². The minimum absolute atomic E-state index is 0.115. The summed E-state index contributed by atoms with van der Waals surface area (Å²) in [5.41, 5.74) is 9.29. The highest BCUT2D eigenvalue weighted by atomic mass is 35.5. The lowest BCUT2D eigenvalue weighted by Gasteiger charge is -2.21. The van der Waals surface area contributed by atoms with Gasteiger partial charge in [0.05, 0.1) is 17.3 Å². The van der Waals surface area contributed by atoms with Gasteiger partial charge in [-0.1, -0.05) is 35.3 Å². The van der Waals surface area contributed by atoms with Crippen LogP contribution in [0, 0.1) is 6.92 Å². The van der Waals surface area contributed by atoms with Crippen molar-refractivity contribution in [2.75, 3.05) is 37.5 Å². The van der Waals surface area contributed by atoms with E-state index in [0.717, 1.165) is 22.3 Å². The van der Waals surface area contributed by atoms with E-state index in [4.69, 9.17) is 33.7 Å². The number of halogens is 2. The molecule has 0 spiro atoms. The molecule has 0 bridgehead atoms. The van der Waals surface area contributed by atoms with Crippen molar-refractivity contribution in [2.24, 2.45) is 5.73 Å². The molecule has 1 amide bonds. The molecule has 30 heavy (non-hydrogen) atoms. The van der Waals surface area contributed by atoms with Crippen molar-refractivity contribution in [3.8, 4) is 5.75 Å². The summed E-state index contributed by atoms with van der Waals surface area (Å²) in [5, 5.41) is 1.79. The number of rotatable bonds is 6. The Labute approximate surface area is 186 Å². The van der Waals surface area contributed by atoms with E-state index in [1.165, 1.54) is 4.90 Å². The standard InChI is InChI=1S/C22H24Cl2N4O2/c1-13-10-18(27(2)3)14-6-5-7-19(22(14)26-13)30-12-15-16(23)8-9-17(21(15)24)28(4)20(29)11-25/h5-10H,11-12,25H2,1-4H3. The Morgan fingerprint density at radius 1 is 1.13 bits per heavy atom. The quantitative estimate of drug-likeness (QED) is 0.606. The summed E-state index contributed by atoms with van der Waals surface area (Å²) in [4.78, 5) is 20.1. The van der Waals surface area contributed by atoms with Crippen LogP contribution in [0.15, 0.2) is 36.4 Å². The van der Waals surface area contributed by atoms with Crippen molar-refractivity contribution >= 4 is 51.4 Å². The van der Waals surface area contributed by atoms with Crippen LogP contribution < -0.4 is 20.3 Å². The maximum Gasteiger partial charge on any atom is 0.240 e. The van der Waals surface area contributed by atoms with E-state index in [-0.39, 0.29) is 19.1 Å². The molecule has 0 fully saturated rings. The largest absolute Gasteiger partial charge is 0.487 e. The number of anilines is 2. The Hall–Kier alpha value is -2.54. The fourth-order valence-corrected chi connectivity index (χ4v) is 3.82. The molecule has 3 rings (SSSR count). The van der Waals surface area contributed by atoms with E-state index < -0.39 is 0 Å². The minimum atomic E-state index is -0.254. The first-order chi connectivity index (χ1) is 14.2. The number of nitrogens with zero attached hydrogens (tertiary/aromatic N) is 3. The molecule has 2 N–H and O–H groups in total. The van der Waals surface area contributed by atoms with Crippen LogP contribution in [-0.2, 0) is 11.4 Å². The van der Waals surface area contributed by atoms with E-state index in [0.29, 0.717) is 27.0 Å². The molecule has 2 aromatic carbocycles. The van der Waals surface area contributed by atoms with E-state index in [1.807, 2.05) is 50.2 Å². The van der Waals surface area contributed by atoms with Crippen molar-refractivity contribution in [1.29, 1.82) is 0 Å². The van der Waals surface area contributed by atoms with Crippen molar-refractivity contribution in [1.82, 2.24) is 4.98 Å². The average molecular weight is 447 g/mol. The van der Waals surface area contributed by atoms with Crippen LogP contribution in [-0.4, -0.2) is 38.6 Å². The number of carbonyl (C=O) groups is 1. The number of hydrogen-bond acceptors (Lipinski definition) is 5. The van der Waals surface area contributed by atoms with Crippen molar-refractivity contribution in [2.45, 2.75) is 13.5 Å². The normalized spacial score (nSPS) is 10.9. The molecule has 0 aliphatic rings. The van der Waals surface area contributed by atoms with Gasteiger partial charge in [-0.3, -0.25) is 4.79 Å². The number of carbonyl (C=O) groups excluding carboxylic acids is 1. The van der Waals surface area contributed by atoms with E-state index in [9.17, 15) is 4.79 Å². The van der Waals surface area contributed by atoms with Gasteiger partial charge in [0.2, 0.25) is 5.91 Å². The predicted molar refractivity (Wildman–Crippen MR) is 124 cm³/mol. The number of amides is 1. The number of likely N-dealkylation sites (N-methyl/N-ethyl adjacent to an activating group) is 1. The predicted octanol–water partition coefficient (Wildman–Crippen LogP) is 4.42. The highest BCUT2D eigenvalue weighted by Crippen LogP contribution is 2.36. The molecule has 1 aromatic heterocycles. The second-order valence-corrected chi connectivity index (χ2v) is 7.92. The number of hydrogen-bond donors (Lipinski definition) is 1. The zero-order valence-electron chi connectivity index (χ0n) is 17.4. The fraction of sp³-hybridized carbons (Fsp3) is 0.273. The zero-order chi connectivity index (χ0) is 22.0. The van der Waals surface area contributed by atoms with Crippen LogP contribution in [0.4, 0.5) is 11.4 Å². The van der Waals surface area contributed by atoms with E-state index in [1.54, 1.807) is 19.2 Å². The first-order valence-corrected chi connectivity index (χ1v) is 10.1. The summed E-state index contributed by atoms with van der Waals surface area (Å²) in [5.74, 6) is 0.374.